The number of carbonyl (C=O) groups is 1. The van der Waals surface area contributed by atoms with Crippen molar-refractivity contribution in [2.75, 3.05) is 52.3 Å². The van der Waals surface area contributed by atoms with Crippen molar-refractivity contribution in [2.24, 2.45) is 0 Å². The maximum absolute atomic E-state index is 12.2. The number of sulfonamides is 1. The average Bonchev–Trinajstić information content (AvgIpc) is 2.55. The van der Waals surface area contributed by atoms with Gasteiger partial charge in [0.2, 0.25) is 15.9 Å². The van der Waals surface area contributed by atoms with Crippen LogP contribution in [0.1, 0.15) is 6.42 Å². The number of anilines is 1. The summed E-state index contributed by atoms with van der Waals surface area (Å²) in [7, 11) is -0.673. The molecule has 2 rings (SSSR count). The van der Waals surface area contributed by atoms with E-state index in [2.05, 4.69) is 5.32 Å². The zero-order chi connectivity index (χ0) is 17.7. The summed E-state index contributed by atoms with van der Waals surface area (Å²) in [5.41, 5.74) is 0.307. The van der Waals surface area contributed by atoms with Crippen LogP contribution < -0.4 is 10.2 Å². The van der Waals surface area contributed by atoms with Gasteiger partial charge in [-0.3, -0.25) is 4.79 Å². The van der Waals surface area contributed by atoms with Gasteiger partial charge >= 0.3 is 0 Å². The molecule has 0 saturated carbocycles. The molecule has 1 aromatic rings. The van der Waals surface area contributed by atoms with Crippen molar-refractivity contribution in [3.63, 3.8) is 0 Å². The third kappa shape index (κ3) is 4.90. The van der Waals surface area contributed by atoms with Gasteiger partial charge in [-0.05, 0) is 18.2 Å². The van der Waals surface area contributed by atoms with Crippen molar-refractivity contribution in [1.29, 1.82) is 0 Å². The molecule has 1 fully saturated rings. The van der Waals surface area contributed by atoms with Crippen LogP contribution in [0, 0.1) is 0 Å². The van der Waals surface area contributed by atoms with Gasteiger partial charge in [0.1, 0.15) is 13.1 Å². The summed E-state index contributed by atoms with van der Waals surface area (Å²) >= 11 is 6.07. The highest BCUT2D eigenvalue weighted by atomic mass is 35.5. The Hall–Kier alpha value is -1.19. The minimum absolute atomic E-state index is 0.0889. The van der Waals surface area contributed by atoms with Gasteiger partial charge in [-0.15, -0.1) is 0 Å². The van der Waals surface area contributed by atoms with Gasteiger partial charge in [-0.1, -0.05) is 11.6 Å². The van der Waals surface area contributed by atoms with Gasteiger partial charge in [0.05, 0.1) is 41.8 Å². The zero-order valence-corrected chi connectivity index (χ0v) is 15.4. The number of carbonyl (C=O) groups excluding carboxylic acids is 1. The predicted octanol–water partition coefficient (Wildman–Crippen LogP) is -0.166. The molecule has 1 amide bonds. The van der Waals surface area contributed by atoms with Crippen LogP contribution in [0.15, 0.2) is 23.1 Å². The Morgan fingerprint density at radius 1 is 1.33 bits per heavy atom. The van der Waals surface area contributed by atoms with Gasteiger partial charge in [-0.2, -0.15) is 0 Å². The third-order valence-corrected chi connectivity index (χ3v) is 6.04. The summed E-state index contributed by atoms with van der Waals surface area (Å²) in [6.07, 6.45) is 0.344. The number of morpholine rings is 1. The predicted molar refractivity (Wildman–Crippen MR) is 92.0 cm³/mol. The minimum atomic E-state index is -3.58. The fourth-order valence-corrected chi connectivity index (χ4v) is 3.48. The van der Waals surface area contributed by atoms with Crippen LogP contribution in [0.2, 0.25) is 5.02 Å². The molecular formula is C15H23ClN3O4S+. The molecular weight excluding hydrogens is 354 g/mol. The van der Waals surface area contributed by atoms with Gasteiger partial charge in [0, 0.05) is 14.1 Å². The first-order chi connectivity index (χ1) is 11.3. The quantitative estimate of drug-likeness (QED) is 0.722. The highest BCUT2D eigenvalue weighted by Gasteiger charge is 2.20. The van der Waals surface area contributed by atoms with E-state index in [4.69, 9.17) is 16.3 Å². The van der Waals surface area contributed by atoms with Crippen molar-refractivity contribution in [3.8, 4) is 0 Å². The van der Waals surface area contributed by atoms with Crippen LogP contribution >= 0.6 is 11.6 Å². The Morgan fingerprint density at radius 2 is 2.00 bits per heavy atom. The van der Waals surface area contributed by atoms with Crippen LogP contribution in [0.4, 0.5) is 5.69 Å². The van der Waals surface area contributed by atoms with Crippen LogP contribution in [-0.2, 0) is 19.6 Å². The number of nitrogens with one attached hydrogen (secondary N) is 2. The van der Waals surface area contributed by atoms with E-state index in [1.807, 2.05) is 0 Å². The molecule has 0 bridgehead atoms. The number of quaternary nitrogens is 1. The Labute approximate surface area is 147 Å². The second-order valence-electron chi connectivity index (χ2n) is 5.84. The van der Waals surface area contributed by atoms with E-state index in [9.17, 15) is 13.2 Å². The first kappa shape index (κ1) is 19.1. The fourth-order valence-electron chi connectivity index (χ4n) is 2.38. The molecule has 1 aliphatic rings. The standard InChI is InChI=1S/C15H22ClN3O4S/c1-18(2)24(21,22)12-3-4-13(16)14(11-12)17-15(20)5-6-19-7-9-23-10-8-19/h3-4,11H,5-10H2,1-2H3,(H,17,20)/p+1. The molecule has 1 saturated heterocycles. The van der Waals surface area contributed by atoms with Gasteiger partial charge in [0.15, 0.2) is 0 Å². The number of ether oxygens (including phenoxy) is 1. The van der Waals surface area contributed by atoms with E-state index in [0.29, 0.717) is 36.9 Å². The number of hydrogen-bond donors (Lipinski definition) is 2. The van der Waals surface area contributed by atoms with Crippen molar-refractivity contribution < 1.29 is 22.8 Å². The van der Waals surface area contributed by atoms with E-state index >= 15 is 0 Å². The monoisotopic (exact) mass is 376 g/mol. The molecule has 1 aliphatic heterocycles. The number of hydrogen-bond acceptors (Lipinski definition) is 4. The average molecular weight is 377 g/mol. The largest absolute Gasteiger partial charge is 0.370 e. The number of rotatable bonds is 6. The number of benzene rings is 1. The lowest BCUT2D eigenvalue weighted by Gasteiger charge is -2.23. The smallest absolute Gasteiger partial charge is 0.242 e. The molecule has 0 atom stereocenters. The molecule has 0 spiro atoms. The van der Waals surface area contributed by atoms with E-state index in [0.717, 1.165) is 17.4 Å². The molecule has 1 heterocycles. The van der Waals surface area contributed by atoms with Gasteiger partial charge in [0.25, 0.3) is 0 Å². The van der Waals surface area contributed by atoms with Crippen LogP contribution in [-0.4, -0.2) is 65.6 Å². The molecule has 9 heteroatoms. The van der Waals surface area contributed by atoms with E-state index in [1.54, 1.807) is 0 Å². The third-order valence-electron chi connectivity index (χ3n) is 3.90. The molecule has 0 radical (unpaired) electrons. The highest BCUT2D eigenvalue weighted by molar-refractivity contribution is 7.89. The second-order valence-corrected chi connectivity index (χ2v) is 8.40. The van der Waals surface area contributed by atoms with E-state index in [-0.39, 0.29) is 10.8 Å². The van der Waals surface area contributed by atoms with Crippen LogP contribution in [0.5, 0.6) is 0 Å². The topological polar surface area (TPSA) is 80.2 Å². The summed E-state index contributed by atoms with van der Waals surface area (Å²) in [5.74, 6) is -0.185. The van der Waals surface area contributed by atoms with Crippen molar-refractivity contribution in [2.45, 2.75) is 11.3 Å². The summed E-state index contributed by atoms with van der Waals surface area (Å²) < 4.78 is 30.7. The summed E-state index contributed by atoms with van der Waals surface area (Å²) in [6, 6.07) is 4.28. The Morgan fingerprint density at radius 3 is 2.62 bits per heavy atom. The highest BCUT2D eigenvalue weighted by Crippen LogP contribution is 2.26. The van der Waals surface area contributed by atoms with Crippen LogP contribution in [0.3, 0.4) is 0 Å². The fraction of sp³-hybridized carbons (Fsp3) is 0.533. The van der Waals surface area contributed by atoms with E-state index < -0.39 is 10.0 Å². The zero-order valence-electron chi connectivity index (χ0n) is 13.8. The molecule has 7 nitrogen and oxygen atoms in total. The van der Waals surface area contributed by atoms with Gasteiger partial charge in [-0.25, -0.2) is 12.7 Å². The molecule has 0 aliphatic carbocycles. The first-order valence-electron chi connectivity index (χ1n) is 7.74. The maximum atomic E-state index is 12.2. The molecule has 0 aromatic heterocycles. The lowest BCUT2D eigenvalue weighted by molar-refractivity contribution is -0.907. The van der Waals surface area contributed by atoms with Gasteiger partial charge < -0.3 is 15.0 Å². The molecule has 24 heavy (non-hydrogen) atoms. The van der Waals surface area contributed by atoms with Crippen molar-refractivity contribution in [1.82, 2.24) is 4.31 Å². The summed E-state index contributed by atoms with van der Waals surface area (Å²) in [5, 5.41) is 3.01. The minimum Gasteiger partial charge on any atom is -0.370 e. The van der Waals surface area contributed by atoms with Crippen molar-refractivity contribution in [3.05, 3.63) is 23.2 Å². The second kappa shape index (κ2) is 8.26. The normalized spacial score (nSPS) is 16.3. The molecule has 1 aromatic carbocycles. The number of amides is 1. The Bertz CT molecular complexity index is 688. The summed E-state index contributed by atoms with van der Waals surface area (Å²) in [6.45, 7) is 3.93. The number of nitrogens with zero attached hydrogens (tertiary/aromatic N) is 1. The maximum Gasteiger partial charge on any atom is 0.242 e. The lowest BCUT2D eigenvalue weighted by atomic mass is 10.3. The lowest BCUT2D eigenvalue weighted by Crippen LogP contribution is -3.14. The first-order valence-corrected chi connectivity index (χ1v) is 9.56. The summed E-state index contributed by atoms with van der Waals surface area (Å²) in [4.78, 5) is 13.5. The van der Waals surface area contributed by atoms with E-state index in [1.165, 1.54) is 37.2 Å². The molecule has 134 valence electrons. The Kier molecular flexibility index (Phi) is 6.59. The van der Waals surface area contributed by atoms with Crippen LogP contribution in [0.25, 0.3) is 0 Å². The SMILES string of the molecule is CN(C)S(=O)(=O)c1ccc(Cl)c(NC(=O)CC[NH+]2CCOCC2)c1. The van der Waals surface area contributed by atoms with Crippen molar-refractivity contribution >= 4 is 33.2 Å². The molecule has 0 unspecified atom stereocenters. The number of halogens is 1. The molecule has 2 N–H and O–H groups in total. The Balaban J connectivity index is 2.01.